The van der Waals surface area contributed by atoms with Crippen LogP contribution in [-0.4, -0.2) is 29.6 Å². The summed E-state index contributed by atoms with van der Waals surface area (Å²) in [4.78, 5) is 45.8. The molecule has 0 unspecified atom stereocenters. The number of halogens is 2. The molecule has 7 rings (SSSR count). The molecule has 1 amide bonds. The van der Waals surface area contributed by atoms with Gasteiger partial charge in [-0.3, -0.25) is 14.4 Å². The van der Waals surface area contributed by atoms with Gasteiger partial charge in [-0.05, 0) is 72.6 Å². The lowest BCUT2D eigenvalue weighted by molar-refractivity contribution is -0.121. The molecule has 3 aliphatic rings. The maximum absolute atomic E-state index is 14.8. The number of Topliss-reactive ketones (excluding diaryl/α,β-unsaturated/α-hetero) is 2. The second-order valence-corrected chi connectivity index (χ2v) is 11.6. The first kappa shape index (κ1) is 25.8. The van der Waals surface area contributed by atoms with Crippen molar-refractivity contribution >= 4 is 58.1 Å². The third kappa shape index (κ3) is 3.66. The Morgan fingerprint density at radius 1 is 0.878 bits per heavy atom. The molecule has 4 aromatic rings. The molecule has 0 aliphatic carbocycles. The Kier molecular flexibility index (Phi) is 5.93. The third-order valence-corrected chi connectivity index (χ3v) is 9.19. The summed E-state index contributed by atoms with van der Waals surface area (Å²) in [5.74, 6) is -2.03. The summed E-state index contributed by atoms with van der Waals surface area (Å²) in [5, 5.41) is 3.81. The normalized spacial score (nSPS) is 23.6. The van der Waals surface area contributed by atoms with Crippen molar-refractivity contribution in [2.24, 2.45) is 5.92 Å². The van der Waals surface area contributed by atoms with E-state index in [1.165, 1.54) is 0 Å². The van der Waals surface area contributed by atoms with Gasteiger partial charge in [0, 0.05) is 27.5 Å². The second-order valence-electron chi connectivity index (χ2n) is 10.8. The zero-order valence-electron chi connectivity index (χ0n) is 22.0. The van der Waals surface area contributed by atoms with E-state index in [1.807, 2.05) is 66.4 Å². The van der Waals surface area contributed by atoms with Gasteiger partial charge in [0.05, 0.1) is 17.0 Å². The van der Waals surface area contributed by atoms with Gasteiger partial charge in [0.25, 0.3) is 0 Å². The summed E-state index contributed by atoms with van der Waals surface area (Å²) >= 11 is 12.8. The molecule has 0 aromatic heterocycles. The van der Waals surface area contributed by atoms with Crippen molar-refractivity contribution in [2.45, 2.75) is 24.4 Å². The van der Waals surface area contributed by atoms with Crippen LogP contribution in [0.4, 0.5) is 11.4 Å². The lowest BCUT2D eigenvalue weighted by atomic mass is 9.64. The minimum absolute atomic E-state index is 0.270. The molecule has 4 aromatic carbocycles. The number of hydrogen-bond donors (Lipinski definition) is 1. The predicted octanol–water partition coefficient (Wildman–Crippen LogP) is 7.16. The summed E-state index contributed by atoms with van der Waals surface area (Å²) in [6, 6.07) is 25.3. The van der Waals surface area contributed by atoms with Crippen LogP contribution in [-0.2, 0) is 10.2 Å². The van der Waals surface area contributed by atoms with E-state index < -0.39 is 23.4 Å². The average Bonchev–Trinajstić information content (AvgIpc) is 3.45. The maximum Gasteiger partial charge on any atom is 0.238 e. The molecule has 1 spiro atoms. The minimum atomic E-state index is -1.39. The first-order valence-electron chi connectivity index (χ1n) is 13.4. The fourth-order valence-electron chi connectivity index (χ4n) is 6.91. The largest absolute Gasteiger partial charge is 0.352 e. The van der Waals surface area contributed by atoms with Crippen LogP contribution in [0, 0.1) is 12.8 Å². The number of carbonyl (C=O) groups excluding carboxylic acids is 3. The van der Waals surface area contributed by atoms with Crippen LogP contribution >= 0.6 is 23.2 Å². The van der Waals surface area contributed by atoms with Gasteiger partial charge >= 0.3 is 0 Å². The van der Waals surface area contributed by atoms with Crippen LogP contribution in [0.3, 0.4) is 0 Å². The number of para-hydroxylation sites is 1. The Hall–Kier alpha value is -4.19. The highest BCUT2D eigenvalue weighted by molar-refractivity contribution is 6.34. The van der Waals surface area contributed by atoms with Crippen molar-refractivity contribution in [3.63, 3.8) is 0 Å². The van der Waals surface area contributed by atoms with E-state index in [2.05, 4.69) is 5.32 Å². The van der Waals surface area contributed by atoms with E-state index >= 15 is 0 Å². The number of carbonyl (C=O) groups is 3. The molecule has 1 N–H and O–H groups in total. The number of hydrogen-bond acceptors (Lipinski definition) is 4. The number of anilines is 2. The highest BCUT2D eigenvalue weighted by Gasteiger charge is 2.70. The number of amides is 1. The van der Waals surface area contributed by atoms with E-state index in [1.54, 1.807) is 48.5 Å². The van der Waals surface area contributed by atoms with Crippen molar-refractivity contribution in [3.8, 4) is 0 Å². The Morgan fingerprint density at radius 2 is 1.61 bits per heavy atom. The standard InChI is InChI=1S/C34H24Cl2N2O3/c1-19-10-16-27-21(18-19)13-17-28-34(24-7-3-5-9-26(24)37-33(34)41)29(32(40)23-6-2-4-8-25(23)36)30(38(27)28)31(39)20-11-14-22(35)15-12-20/h2-18,28-30H,1H3,(H,37,41)/t28-,29-,30-,34-/m0/s1. The van der Waals surface area contributed by atoms with E-state index in [9.17, 15) is 14.4 Å². The summed E-state index contributed by atoms with van der Waals surface area (Å²) in [5.41, 5.74) is 3.39. The predicted molar refractivity (Wildman–Crippen MR) is 162 cm³/mol. The molecule has 41 heavy (non-hydrogen) atoms. The second kappa shape index (κ2) is 9.44. The average molecular weight is 579 g/mol. The summed E-state index contributed by atoms with van der Waals surface area (Å²) in [6.07, 6.45) is 3.96. The SMILES string of the molecule is Cc1ccc2c(c1)C=C[C@@H]1N2[C@H](C(=O)c2ccc(Cl)cc2)[C@@H](C(=O)c2ccccc2Cl)[C@@]12C(=O)Nc1ccccc12. The minimum Gasteiger partial charge on any atom is -0.352 e. The molecule has 3 heterocycles. The quantitative estimate of drug-likeness (QED) is 0.261. The van der Waals surface area contributed by atoms with Gasteiger partial charge in [0.15, 0.2) is 11.6 Å². The van der Waals surface area contributed by atoms with Crippen molar-refractivity contribution in [1.82, 2.24) is 0 Å². The molecule has 4 atom stereocenters. The number of nitrogens with zero attached hydrogens (tertiary/aromatic N) is 1. The van der Waals surface area contributed by atoms with Crippen molar-refractivity contribution in [3.05, 3.63) is 135 Å². The van der Waals surface area contributed by atoms with Gasteiger partial charge < -0.3 is 10.2 Å². The Morgan fingerprint density at radius 3 is 2.39 bits per heavy atom. The first-order valence-corrected chi connectivity index (χ1v) is 14.1. The van der Waals surface area contributed by atoms with Crippen LogP contribution in [0.1, 0.15) is 37.4 Å². The number of fused-ring (bicyclic) bond motifs is 6. The number of ketones is 2. The highest BCUT2D eigenvalue weighted by Crippen LogP contribution is 2.58. The maximum atomic E-state index is 14.8. The molecule has 7 heteroatoms. The number of nitrogens with one attached hydrogen (secondary N) is 1. The smallest absolute Gasteiger partial charge is 0.238 e. The van der Waals surface area contributed by atoms with Crippen molar-refractivity contribution in [1.29, 1.82) is 0 Å². The molecule has 5 nitrogen and oxygen atoms in total. The molecule has 202 valence electrons. The van der Waals surface area contributed by atoms with E-state index in [0.717, 1.165) is 16.8 Å². The van der Waals surface area contributed by atoms with Crippen LogP contribution < -0.4 is 10.2 Å². The van der Waals surface area contributed by atoms with Gasteiger partial charge in [-0.25, -0.2) is 0 Å². The Balaban J connectivity index is 1.55. The molecule has 0 saturated carbocycles. The summed E-state index contributed by atoms with van der Waals surface area (Å²) in [7, 11) is 0. The van der Waals surface area contributed by atoms with Gasteiger partial charge in [0.1, 0.15) is 11.5 Å². The van der Waals surface area contributed by atoms with Gasteiger partial charge in [-0.2, -0.15) is 0 Å². The zero-order valence-corrected chi connectivity index (χ0v) is 23.5. The summed E-state index contributed by atoms with van der Waals surface area (Å²) < 4.78 is 0. The van der Waals surface area contributed by atoms with Gasteiger partial charge in [-0.1, -0.05) is 77.3 Å². The molecule has 0 bridgehead atoms. The fourth-order valence-corrected chi connectivity index (χ4v) is 7.27. The molecule has 3 aliphatic heterocycles. The molecule has 1 saturated heterocycles. The lowest BCUT2D eigenvalue weighted by Gasteiger charge is -2.37. The third-order valence-electron chi connectivity index (χ3n) is 8.61. The van der Waals surface area contributed by atoms with Crippen LogP contribution in [0.2, 0.25) is 10.0 Å². The first-order chi connectivity index (χ1) is 19.8. The highest BCUT2D eigenvalue weighted by atomic mass is 35.5. The lowest BCUT2D eigenvalue weighted by Crippen LogP contribution is -2.51. The Labute approximate surface area is 247 Å². The molecular weight excluding hydrogens is 555 g/mol. The molecule has 1 fully saturated rings. The zero-order chi connectivity index (χ0) is 28.5. The Bertz CT molecular complexity index is 1800. The summed E-state index contributed by atoms with van der Waals surface area (Å²) in [6.45, 7) is 2.01. The fraction of sp³-hybridized carbons (Fsp3) is 0.147. The van der Waals surface area contributed by atoms with Crippen LogP contribution in [0.5, 0.6) is 0 Å². The van der Waals surface area contributed by atoms with Gasteiger partial charge in [-0.15, -0.1) is 0 Å². The van der Waals surface area contributed by atoms with E-state index in [-0.39, 0.29) is 28.1 Å². The molecule has 0 radical (unpaired) electrons. The molecular formula is C34H24Cl2N2O3. The van der Waals surface area contributed by atoms with Crippen LogP contribution in [0.15, 0.2) is 97.1 Å². The number of benzene rings is 4. The monoisotopic (exact) mass is 578 g/mol. The number of aryl methyl sites for hydroxylation is 1. The topological polar surface area (TPSA) is 66.5 Å². The van der Waals surface area contributed by atoms with Gasteiger partial charge in [0.2, 0.25) is 5.91 Å². The van der Waals surface area contributed by atoms with Crippen molar-refractivity contribution < 1.29 is 14.4 Å². The van der Waals surface area contributed by atoms with Crippen molar-refractivity contribution in [2.75, 3.05) is 10.2 Å². The number of rotatable bonds is 4. The van der Waals surface area contributed by atoms with Crippen LogP contribution in [0.25, 0.3) is 6.08 Å². The van der Waals surface area contributed by atoms with E-state index in [4.69, 9.17) is 23.2 Å². The van der Waals surface area contributed by atoms with E-state index in [0.29, 0.717) is 21.8 Å².